The van der Waals surface area contributed by atoms with Crippen molar-refractivity contribution in [2.45, 2.75) is 45.1 Å². The lowest BCUT2D eigenvalue weighted by atomic mass is 9.90. The maximum Gasteiger partial charge on any atom is 0.337 e. The monoisotopic (exact) mass is 363 g/mol. The fourth-order valence-electron chi connectivity index (χ4n) is 3.17. The van der Waals surface area contributed by atoms with Gasteiger partial charge in [0.15, 0.2) is 0 Å². The van der Waals surface area contributed by atoms with Crippen molar-refractivity contribution < 1.29 is 19.5 Å². The molecule has 0 aliphatic heterocycles. The van der Waals surface area contributed by atoms with Gasteiger partial charge in [0.05, 0.1) is 24.4 Å². The number of amides is 1. The number of nitrogens with zero attached hydrogens (tertiary/aromatic N) is 1. The standard InChI is InChI=1S/C19H29N3O4/c1-4-8-16(11-22-25)18(20-3)17(14(2)21-13-23)19(24)26-12-15-9-6-5-7-10-15/h4,8,11,13,15,18,20,25H,1,5-7,9-10,12H2,2-3H3,(H,21,23)/b16-8+,17-14+,22-11+. The number of allylic oxidation sites excluding steroid dienone is 3. The Morgan fingerprint density at radius 3 is 2.62 bits per heavy atom. The molecule has 1 fully saturated rings. The summed E-state index contributed by atoms with van der Waals surface area (Å²) in [6.07, 6.45) is 10.5. The molecule has 7 heteroatoms. The van der Waals surface area contributed by atoms with Gasteiger partial charge in [0.1, 0.15) is 0 Å². The lowest BCUT2D eigenvalue weighted by Gasteiger charge is -2.24. The zero-order valence-electron chi connectivity index (χ0n) is 15.5. The molecule has 0 radical (unpaired) electrons. The van der Waals surface area contributed by atoms with E-state index >= 15 is 0 Å². The van der Waals surface area contributed by atoms with Crippen LogP contribution in [0.15, 0.2) is 40.7 Å². The van der Waals surface area contributed by atoms with Crippen LogP contribution in [0, 0.1) is 5.92 Å². The third kappa shape index (κ3) is 6.48. The van der Waals surface area contributed by atoms with Crippen LogP contribution in [0.1, 0.15) is 39.0 Å². The summed E-state index contributed by atoms with van der Waals surface area (Å²) in [6.45, 7) is 5.62. The Kier molecular flexibility index (Phi) is 10.0. The topological polar surface area (TPSA) is 100 Å². The highest BCUT2D eigenvalue weighted by Crippen LogP contribution is 2.24. The summed E-state index contributed by atoms with van der Waals surface area (Å²) < 4.78 is 5.55. The minimum atomic E-state index is -0.629. The van der Waals surface area contributed by atoms with Crippen LogP contribution in [-0.2, 0) is 14.3 Å². The molecule has 1 aliphatic carbocycles. The molecule has 3 N–H and O–H groups in total. The maximum absolute atomic E-state index is 12.8. The first-order chi connectivity index (χ1) is 12.6. The van der Waals surface area contributed by atoms with Crippen molar-refractivity contribution in [1.29, 1.82) is 0 Å². The molecule has 0 aromatic heterocycles. The molecule has 0 heterocycles. The van der Waals surface area contributed by atoms with E-state index in [4.69, 9.17) is 9.94 Å². The number of esters is 1. The molecule has 1 saturated carbocycles. The van der Waals surface area contributed by atoms with E-state index in [0.717, 1.165) is 25.7 Å². The van der Waals surface area contributed by atoms with Crippen molar-refractivity contribution >= 4 is 18.6 Å². The number of oxime groups is 1. The minimum absolute atomic E-state index is 0.253. The van der Waals surface area contributed by atoms with Gasteiger partial charge < -0.3 is 20.6 Å². The van der Waals surface area contributed by atoms with Crippen LogP contribution in [0.25, 0.3) is 0 Å². The highest BCUT2D eigenvalue weighted by atomic mass is 16.5. The summed E-state index contributed by atoms with van der Waals surface area (Å²) in [5, 5.41) is 17.5. The first-order valence-corrected chi connectivity index (χ1v) is 8.84. The second kappa shape index (κ2) is 12.0. The van der Waals surface area contributed by atoms with Crippen molar-refractivity contribution in [2.75, 3.05) is 13.7 Å². The number of ether oxygens (including phenoxy) is 1. The van der Waals surface area contributed by atoms with Gasteiger partial charge in [-0.05, 0) is 38.3 Å². The molecule has 1 atom stereocenters. The van der Waals surface area contributed by atoms with Crippen LogP contribution >= 0.6 is 0 Å². The first kappa shape index (κ1) is 21.6. The Labute approximate surface area is 154 Å². The van der Waals surface area contributed by atoms with Crippen LogP contribution in [-0.4, -0.2) is 43.5 Å². The van der Waals surface area contributed by atoms with Gasteiger partial charge in [0.25, 0.3) is 0 Å². The molecule has 26 heavy (non-hydrogen) atoms. The second-order valence-corrected chi connectivity index (χ2v) is 6.27. The average Bonchev–Trinajstić information content (AvgIpc) is 2.65. The van der Waals surface area contributed by atoms with Crippen molar-refractivity contribution in [3.05, 3.63) is 35.6 Å². The van der Waals surface area contributed by atoms with E-state index in [-0.39, 0.29) is 5.57 Å². The number of likely N-dealkylation sites (N-methyl/N-ethyl adjacent to an activating group) is 1. The fraction of sp³-hybridized carbons (Fsp3) is 0.526. The van der Waals surface area contributed by atoms with Gasteiger partial charge >= 0.3 is 5.97 Å². The average molecular weight is 363 g/mol. The zero-order valence-corrected chi connectivity index (χ0v) is 15.5. The van der Waals surface area contributed by atoms with Gasteiger partial charge in [-0.25, -0.2) is 4.79 Å². The Morgan fingerprint density at radius 2 is 2.08 bits per heavy atom. The van der Waals surface area contributed by atoms with E-state index in [9.17, 15) is 9.59 Å². The Balaban J connectivity index is 3.06. The third-order valence-electron chi connectivity index (χ3n) is 4.50. The number of hydrogen-bond donors (Lipinski definition) is 3. The first-order valence-electron chi connectivity index (χ1n) is 8.84. The smallest absolute Gasteiger partial charge is 0.337 e. The molecule has 1 aliphatic rings. The van der Waals surface area contributed by atoms with Gasteiger partial charge in [-0.3, -0.25) is 4.79 Å². The summed E-state index contributed by atoms with van der Waals surface area (Å²) in [5.41, 5.74) is 1.12. The van der Waals surface area contributed by atoms with Crippen molar-refractivity contribution in [1.82, 2.24) is 10.6 Å². The molecular weight excluding hydrogens is 334 g/mol. The number of carbonyl (C=O) groups is 2. The molecule has 1 rings (SSSR count). The van der Waals surface area contributed by atoms with Gasteiger partial charge in [-0.2, -0.15) is 0 Å². The summed E-state index contributed by atoms with van der Waals surface area (Å²) >= 11 is 0. The number of rotatable bonds is 10. The van der Waals surface area contributed by atoms with Crippen LogP contribution in [0.3, 0.4) is 0 Å². The molecule has 1 unspecified atom stereocenters. The van der Waals surface area contributed by atoms with Crippen LogP contribution in [0.2, 0.25) is 0 Å². The number of hydrogen-bond acceptors (Lipinski definition) is 6. The molecule has 0 spiro atoms. The maximum atomic E-state index is 12.8. The quantitative estimate of drug-likeness (QED) is 0.105. The third-order valence-corrected chi connectivity index (χ3v) is 4.50. The number of carbonyl (C=O) groups excluding carboxylic acids is 2. The Bertz CT molecular complexity index is 575. The lowest BCUT2D eigenvalue weighted by Crippen LogP contribution is -2.37. The van der Waals surface area contributed by atoms with Crippen LogP contribution in [0.4, 0.5) is 0 Å². The van der Waals surface area contributed by atoms with Crippen molar-refractivity contribution in [3.8, 4) is 0 Å². The molecule has 1 amide bonds. The summed E-state index contributed by atoms with van der Waals surface area (Å²) in [4.78, 5) is 23.6. The Hall–Kier alpha value is -2.41. The summed E-state index contributed by atoms with van der Waals surface area (Å²) in [5.74, 6) is -0.133. The van der Waals surface area contributed by atoms with Gasteiger partial charge in [0.2, 0.25) is 6.41 Å². The van der Waals surface area contributed by atoms with Crippen molar-refractivity contribution in [3.63, 3.8) is 0 Å². The molecule has 0 aromatic rings. The van der Waals surface area contributed by atoms with E-state index in [0.29, 0.717) is 30.2 Å². The van der Waals surface area contributed by atoms with E-state index in [2.05, 4.69) is 22.4 Å². The molecule has 0 aromatic carbocycles. The van der Waals surface area contributed by atoms with Gasteiger partial charge in [-0.15, -0.1) is 0 Å². The molecule has 144 valence electrons. The summed E-state index contributed by atoms with van der Waals surface area (Å²) in [6, 6.07) is -0.629. The molecule has 0 saturated heterocycles. The molecular formula is C19H29N3O4. The predicted molar refractivity (Wildman–Crippen MR) is 101 cm³/mol. The Morgan fingerprint density at radius 1 is 1.38 bits per heavy atom. The second-order valence-electron chi connectivity index (χ2n) is 6.27. The summed E-state index contributed by atoms with van der Waals surface area (Å²) in [7, 11) is 1.66. The van der Waals surface area contributed by atoms with Gasteiger partial charge in [-0.1, -0.05) is 43.1 Å². The van der Waals surface area contributed by atoms with Crippen LogP contribution in [0.5, 0.6) is 0 Å². The lowest BCUT2D eigenvalue weighted by molar-refractivity contribution is -0.141. The minimum Gasteiger partial charge on any atom is -0.462 e. The van der Waals surface area contributed by atoms with Crippen LogP contribution < -0.4 is 10.6 Å². The largest absolute Gasteiger partial charge is 0.462 e. The van der Waals surface area contributed by atoms with E-state index in [1.807, 2.05) is 0 Å². The highest BCUT2D eigenvalue weighted by molar-refractivity contribution is 5.95. The van der Waals surface area contributed by atoms with E-state index < -0.39 is 12.0 Å². The zero-order chi connectivity index (χ0) is 19.4. The van der Waals surface area contributed by atoms with Gasteiger partial charge in [0, 0.05) is 5.70 Å². The predicted octanol–water partition coefficient (Wildman–Crippen LogP) is 2.29. The van der Waals surface area contributed by atoms with E-state index in [1.54, 1.807) is 20.0 Å². The fourth-order valence-corrected chi connectivity index (χ4v) is 3.17. The molecule has 0 bridgehead atoms. The number of nitrogens with one attached hydrogen (secondary N) is 2. The molecule has 7 nitrogen and oxygen atoms in total. The van der Waals surface area contributed by atoms with Crippen molar-refractivity contribution in [2.24, 2.45) is 11.1 Å². The normalized spacial score (nSPS) is 18.2. The van der Waals surface area contributed by atoms with E-state index in [1.165, 1.54) is 18.7 Å². The highest BCUT2D eigenvalue weighted by Gasteiger charge is 2.27. The SMILES string of the molecule is C=C/C=C(\C=N\O)C(NC)/C(C(=O)OCC1CCCCC1)=C(/C)NC=O.